The lowest BCUT2D eigenvalue weighted by Gasteiger charge is -2.24. The molecule has 0 fully saturated rings. The van der Waals surface area contributed by atoms with Gasteiger partial charge in [-0.2, -0.15) is 0 Å². The Morgan fingerprint density at radius 3 is 2.22 bits per heavy atom. The maximum absolute atomic E-state index is 12.8. The molecule has 0 spiro atoms. The fourth-order valence-electron chi connectivity index (χ4n) is 4.09. The lowest BCUT2D eigenvalue weighted by molar-refractivity contribution is 0.0599. The zero-order valence-electron chi connectivity index (χ0n) is 17.9. The van der Waals surface area contributed by atoms with Gasteiger partial charge in [-0.25, -0.2) is 4.79 Å². The Morgan fingerprint density at radius 1 is 0.906 bits per heavy atom. The number of ether oxygens (including phenoxy) is 1. The van der Waals surface area contributed by atoms with E-state index in [-0.39, 0.29) is 11.9 Å². The van der Waals surface area contributed by atoms with Crippen molar-refractivity contribution in [1.82, 2.24) is 4.98 Å². The molecule has 0 N–H and O–H groups in total. The van der Waals surface area contributed by atoms with Crippen molar-refractivity contribution in [1.29, 1.82) is 0 Å². The van der Waals surface area contributed by atoms with Crippen LogP contribution >= 0.6 is 22.6 Å². The highest BCUT2D eigenvalue weighted by Gasteiger charge is 2.26. The smallest absolute Gasteiger partial charge is 0.338 e. The fraction of sp³-hybridized carbons (Fsp3) is 0.143. The van der Waals surface area contributed by atoms with E-state index in [9.17, 15) is 4.79 Å². The predicted molar refractivity (Wildman–Crippen MR) is 137 cm³/mol. The minimum Gasteiger partial charge on any atom is -0.465 e. The summed E-state index contributed by atoms with van der Waals surface area (Å²) in [6.45, 7) is 0. The summed E-state index contributed by atoms with van der Waals surface area (Å²) in [7, 11) is 1.44. The van der Waals surface area contributed by atoms with Crippen molar-refractivity contribution in [3.8, 4) is 11.1 Å². The Bertz CT molecular complexity index is 1180. The number of methoxy groups -OCH3 is 1. The van der Waals surface area contributed by atoms with Gasteiger partial charge in [-0.15, -0.1) is 0 Å². The lowest BCUT2D eigenvalue weighted by atomic mass is 9.82. The first kappa shape index (κ1) is 22.2. The van der Waals surface area contributed by atoms with Crippen LogP contribution in [0.15, 0.2) is 97.3 Å². The van der Waals surface area contributed by atoms with Gasteiger partial charge < -0.3 is 4.74 Å². The largest absolute Gasteiger partial charge is 0.465 e. The second-order valence-electron chi connectivity index (χ2n) is 7.60. The third-order valence-electron chi connectivity index (χ3n) is 5.69. The number of halogens is 1. The van der Waals surface area contributed by atoms with Crippen LogP contribution in [-0.4, -0.2) is 18.1 Å². The molecule has 0 aliphatic carbocycles. The second kappa shape index (κ2) is 10.6. The van der Waals surface area contributed by atoms with Gasteiger partial charge in [0.05, 0.1) is 12.7 Å². The van der Waals surface area contributed by atoms with E-state index in [0.29, 0.717) is 5.56 Å². The molecule has 3 aromatic carbocycles. The van der Waals surface area contributed by atoms with Crippen LogP contribution in [0.1, 0.15) is 39.4 Å². The van der Waals surface area contributed by atoms with Crippen molar-refractivity contribution in [2.75, 3.05) is 7.11 Å². The molecular weight excluding hydrogens is 509 g/mol. The molecule has 1 heterocycles. The van der Waals surface area contributed by atoms with Crippen LogP contribution in [-0.2, 0) is 11.2 Å². The van der Waals surface area contributed by atoms with Crippen LogP contribution in [0.3, 0.4) is 0 Å². The molecule has 1 aromatic heterocycles. The van der Waals surface area contributed by atoms with E-state index in [4.69, 9.17) is 4.74 Å². The molecule has 0 aliphatic rings. The molecule has 4 aromatic rings. The van der Waals surface area contributed by atoms with E-state index < -0.39 is 0 Å². The van der Waals surface area contributed by atoms with Gasteiger partial charge in [0.25, 0.3) is 0 Å². The van der Waals surface area contributed by atoms with Gasteiger partial charge in [-0.1, -0.05) is 66.7 Å². The number of esters is 1. The third-order valence-corrected chi connectivity index (χ3v) is 6.85. The van der Waals surface area contributed by atoms with E-state index in [1.807, 2.05) is 48.8 Å². The zero-order valence-corrected chi connectivity index (χ0v) is 20.0. The number of rotatable bonds is 7. The molecule has 0 saturated heterocycles. The van der Waals surface area contributed by atoms with Gasteiger partial charge >= 0.3 is 5.97 Å². The Kier molecular flexibility index (Phi) is 7.32. The van der Waals surface area contributed by atoms with E-state index >= 15 is 0 Å². The molecule has 32 heavy (non-hydrogen) atoms. The minimum atomic E-state index is -0.303. The monoisotopic (exact) mass is 533 g/mol. The summed E-state index contributed by atoms with van der Waals surface area (Å²) < 4.78 is 6.26. The van der Waals surface area contributed by atoms with Crippen LogP contribution in [0.25, 0.3) is 11.1 Å². The number of carbonyl (C=O) groups is 1. The normalized spacial score (nSPS) is 11.7. The van der Waals surface area contributed by atoms with Crippen LogP contribution in [0.5, 0.6) is 0 Å². The fourth-order valence-corrected chi connectivity index (χ4v) is 5.24. The third kappa shape index (κ3) is 4.91. The predicted octanol–water partition coefficient (Wildman–Crippen LogP) is 6.90. The van der Waals surface area contributed by atoms with Crippen molar-refractivity contribution in [2.24, 2.45) is 0 Å². The molecule has 1 atom stereocenters. The average molecular weight is 533 g/mol. The molecule has 4 rings (SSSR count). The summed E-state index contributed by atoms with van der Waals surface area (Å²) in [4.78, 5) is 16.9. The number of pyridine rings is 1. The lowest BCUT2D eigenvalue weighted by Crippen LogP contribution is -2.14. The van der Waals surface area contributed by atoms with Gasteiger partial charge in [0.1, 0.15) is 0 Å². The maximum Gasteiger partial charge on any atom is 0.338 e. The topological polar surface area (TPSA) is 39.2 Å². The summed E-state index contributed by atoms with van der Waals surface area (Å²) in [6, 6.07) is 28.8. The zero-order chi connectivity index (χ0) is 22.3. The molecule has 0 aliphatic heterocycles. The first-order valence-corrected chi connectivity index (χ1v) is 11.7. The van der Waals surface area contributed by atoms with Crippen molar-refractivity contribution < 1.29 is 9.53 Å². The number of aryl methyl sites for hydroxylation is 1. The van der Waals surface area contributed by atoms with E-state index in [1.165, 1.54) is 18.2 Å². The van der Waals surface area contributed by atoms with Crippen LogP contribution in [0, 0.1) is 3.57 Å². The van der Waals surface area contributed by atoms with E-state index in [0.717, 1.165) is 33.1 Å². The Hall–Kier alpha value is -2.99. The van der Waals surface area contributed by atoms with Crippen molar-refractivity contribution in [3.05, 3.63) is 123 Å². The average Bonchev–Trinajstić information content (AvgIpc) is 2.86. The van der Waals surface area contributed by atoms with Crippen molar-refractivity contribution >= 4 is 28.6 Å². The first-order valence-electron chi connectivity index (χ1n) is 10.6. The van der Waals surface area contributed by atoms with E-state index in [2.05, 4.69) is 76.1 Å². The molecule has 0 amide bonds. The molecule has 0 saturated carbocycles. The van der Waals surface area contributed by atoms with Gasteiger partial charge in [0.15, 0.2) is 0 Å². The standard InChI is InChI=1S/C28H24INO2/c1-32-28(31)25-15-14-24(22-10-6-3-7-11-22)27(29)26(25)23(21-8-4-2-5-9-21)13-12-20-16-18-30-19-17-20/h2-11,14-19,23H,12-13H2,1H3. The van der Waals surface area contributed by atoms with Crippen molar-refractivity contribution in [2.45, 2.75) is 18.8 Å². The SMILES string of the molecule is COC(=O)c1ccc(-c2ccccc2)c(I)c1C(CCc1ccncc1)c1ccccc1. The molecule has 3 nitrogen and oxygen atoms in total. The molecule has 4 heteroatoms. The summed E-state index contributed by atoms with van der Waals surface area (Å²) in [5, 5.41) is 0. The molecule has 0 bridgehead atoms. The van der Waals surface area contributed by atoms with E-state index in [1.54, 1.807) is 0 Å². The summed E-state index contributed by atoms with van der Waals surface area (Å²) in [5.74, 6) is -0.253. The summed E-state index contributed by atoms with van der Waals surface area (Å²) >= 11 is 2.40. The number of carbonyl (C=O) groups excluding carboxylic acids is 1. The van der Waals surface area contributed by atoms with Crippen LogP contribution < -0.4 is 0 Å². The second-order valence-corrected chi connectivity index (χ2v) is 8.68. The number of hydrogen-bond donors (Lipinski definition) is 0. The van der Waals surface area contributed by atoms with Gasteiger partial charge in [0.2, 0.25) is 0 Å². The number of nitrogens with zero attached hydrogens (tertiary/aromatic N) is 1. The minimum absolute atomic E-state index is 0.0500. The molecule has 1 unspecified atom stereocenters. The van der Waals surface area contributed by atoms with Crippen LogP contribution in [0.2, 0.25) is 0 Å². The van der Waals surface area contributed by atoms with Crippen LogP contribution in [0.4, 0.5) is 0 Å². The quantitative estimate of drug-likeness (QED) is 0.192. The maximum atomic E-state index is 12.8. The summed E-state index contributed by atoms with van der Waals surface area (Å²) in [6.07, 6.45) is 5.40. The highest BCUT2D eigenvalue weighted by atomic mass is 127. The number of aromatic nitrogens is 1. The molecule has 160 valence electrons. The highest BCUT2D eigenvalue weighted by molar-refractivity contribution is 14.1. The molecule has 0 radical (unpaired) electrons. The van der Waals surface area contributed by atoms with Gasteiger partial charge in [0, 0.05) is 21.9 Å². The van der Waals surface area contributed by atoms with Gasteiger partial charge in [-0.3, -0.25) is 4.98 Å². The summed E-state index contributed by atoms with van der Waals surface area (Å²) in [5.41, 5.74) is 6.33. The molecular formula is C28H24INO2. The Labute approximate surface area is 202 Å². The Morgan fingerprint density at radius 2 is 1.56 bits per heavy atom. The Balaban J connectivity index is 1.86. The first-order chi connectivity index (χ1) is 15.7. The number of benzene rings is 3. The highest BCUT2D eigenvalue weighted by Crippen LogP contribution is 2.39. The van der Waals surface area contributed by atoms with Crippen molar-refractivity contribution in [3.63, 3.8) is 0 Å². The van der Waals surface area contributed by atoms with Gasteiger partial charge in [-0.05, 0) is 81.4 Å². The number of hydrogen-bond acceptors (Lipinski definition) is 3.